The van der Waals surface area contributed by atoms with E-state index in [4.69, 9.17) is 0 Å². The summed E-state index contributed by atoms with van der Waals surface area (Å²) in [5, 5.41) is 3.36. The van der Waals surface area contributed by atoms with Gasteiger partial charge in [0, 0.05) is 19.1 Å². The lowest BCUT2D eigenvalue weighted by molar-refractivity contribution is -0.127. The van der Waals surface area contributed by atoms with Gasteiger partial charge in [-0.3, -0.25) is 9.69 Å². The number of nitrogens with one attached hydrogen (secondary N) is 1. The molecule has 1 N–H and O–H groups in total. The van der Waals surface area contributed by atoms with Crippen molar-refractivity contribution >= 4 is 5.91 Å². The van der Waals surface area contributed by atoms with Crippen molar-refractivity contribution in [3.63, 3.8) is 0 Å². The SMILES string of the molecule is Cc1ccccc1CN1CCCC(C(=O)NC2CCCCCC2)C1. The zero-order chi connectivity index (χ0) is 16.8. The van der Waals surface area contributed by atoms with E-state index >= 15 is 0 Å². The second kappa shape index (κ2) is 8.66. The summed E-state index contributed by atoms with van der Waals surface area (Å²) in [5.74, 6) is 0.474. The smallest absolute Gasteiger partial charge is 0.224 e. The molecule has 0 aromatic heterocycles. The van der Waals surface area contributed by atoms with Crippen molar-refractivity contribution in [1.82, 2.24) is 10.2 Å². The summed E-state index contributed by atoms with van der Waals surface area (Å²) in [6.45, 7) is 5.17. The normalized spacial score (nSPS) is 23.6. The van der Waals surface area contributed by atoms with Crippen molar-refractivity contribution in [1.29, 1.82) is 0 Å². The molecule has 1 aromatic rings. The molecule has 0 spiro atoms. The van der Waals surface area contributed by atoms with Crippen LogP contribution in [0.25, 0.3) is 0 Å². The fraction of sp³-hybridized carbons (Fsp3) is 0.667. The Labute approximate surface area is 146 Å². The Morgan fingerprint density at radius 1 is 1.08 bits per heavy atom. The van der Waals surface area contributed by atoms with Gasteiger partial charge in [-0.05, 0) is 50.3 Å². The van der Waals surface area contributed by atoms with Crippen LogP contribution in [0.4, 0.5) is 0 Å². The van der Waals surface area contributed by atoms with E-state index in [9.17, 15) is 4.79 Å². The van der Waals surface area contributed by atoms with Crippen LogP contribution in [0.15, 0.2) is 24.3 Å². The number of rotatable bonds is 4. The second-order valence-corrected chi connectivity index (χ2v) is 7.70. The van der Waals surface area contributed by atoms with Crippen LogP contribution < -0.4 is 5.32 Å². The number of hydrogen-bond donors (Lipinski definition) is 1. The highest BCUT2D eigenvalue weighted by molar-refractivity contribution is 5.79. The Morgan fingerprint density at radius 2 is 1.83 bits per heavy atom. The number of likely N-dealkylation sites (tertiary alicyclic amines) is 1. The Hall–Kier alpha value is -1.35. The summed E-state index contributed by atoms with van der Waals surface area (Å²) in [4.78, 5) is 15.2. The van der Waals surface area contributed by atoms with Crippen LogP contribution in [-0.4, -0.2) is 29.9 Å². The zero-order valence-corrected chi connectivity index (χ0v) is 15.1. The van der Waals surface area contributed by atoms with Crippen molar-refractivity contribution in [2.75, 3.05) is 13.1 Å². The number of carbonyl (C=O) groups is 1. The lowest BCUT2D eigenvalue weighted by atomic mass is 9.95. The van der Waals surface area contributed by atoms with E-state index in [0.29, 0.717) is 11.9 Å². The van der Waals surface area contributed by atoms with Gasteiger partial charge in [0.15, 0.2) is 0 Å². The van der Waals surface area contributed by atoms with Crippen LogP contribution in [0.2, 0.25) is 0 Å². The second-order valence-electron chi connectivity index (χ2n) is 7.70. The van der Waals surface area contributed by atoms with E-state index in [1.54, 1.807) is 0 Å². The number of nitrogens with zero attached hydrogens (tertiary/aromatic N) is 1. The van der Waals surface area contributed by atoms with Gasteiger partial charge >= 0.3 is 0 Å². The Balaban J connectivity index is 1.52. The first-order valence-corrected chi connectivity index (χ1v) is 9.79. The third-order valence-corrected chi connectivity index (χ3v) is 5.73. The molecule has 0 radical (unpaired) electrons. The molecule has 3 nitrogen and oxygen atoms in total. The summed E-state index contributed by atoms with van der Waals surface area (Å²) in [6.07, 6.45) is 9.73. The molecular formula is C21H32N2O. The van der Waals surface area contributed by atoms with Crippen molar-refractivity contribution in [2.45, 2.75) is 70.9 Å². The Kier molecular flexibility index (Phi) is 6.30. The molecule has 132 valence electrons. The lowest BCUT2D eigenvalue weighted by Gasteiger charge is -2.33. The van der Waals surface area contributed by atoms with Crippen LogP contribution in [-0.2, 0) is 11.3 Å². The fourth-order valence-electron chi connectivity index (χ4n) is 4.18. The van der Waals surface area contributed by atoms with Crippen LogP contribution in [0, 0.1) is 12.8 Å². The molecule has 1 aliphatic carbocycles. The van der Waals surface area contributed by atoms with Gasteiger partial charge in [-0.2, -0.15) is 0 Å². The van der Waals surface area contributed by atoms with Gasteiger partial charge in [-0.15, -0.1) is 0 Å². The van der Waals surface area contributed by atoms with E-state index in [-0.39, 0.29) is 5.92 Å². The van der Waals surface area contributed by atoms with E-state index in [0.717, 1.165) is 32.5 Å². The summed E-state index contributed by atoms with van der Waals surface area (Å²) in [6, 6.07) is 9.02. The first-order valence-electron chi connectivity index (χ1n) is 9.79. The van der Waals surface area contributed by atoms with Gasteiger partial charge in [0.25, 0.3) is 0 Å². The molecule has 1 aromatic carbocycles. The average molecular weight is 329 g/mol. The van der Waals surface area contributed by atoms with Crippen molar-refractivity contribution in [3.8, 4) is 0 Å². The molecule has 1 saturated heterocycles. The van der Waals surface area contributed by atoms with Crippen LogP contribution in [0.3, 0.4) is 0 Å². The fourth-order valence-corrected chi connectivity index (χ4v) is 4.18. The van der Waals surface area contributed by atoms with Gasteiger partial charge in [0.05, 0.1) is 5.92 Å². The molecule has 2 fully saturated rings. The number of hydrogen-bond acceptors (Lipinski definition) is 2. The molecule has 3 rings (SSSR count). The topological polar surface area (TPSA) is 32.3 Å². The molecule has 0 bridgehead atoms. The quantitative estimate of drug-likeness (QED) is 0.846. The number of amides is 1. The number of carbonyl (C=O) groups excluding carboxylic acids is 1. The number of benzene rings is 1. The first-order chi connectivity index (χ1) is 11.7. The van der Waals surface area contributed by atoms with Gasteiger partial charge in [0.1, 0.15) is 0 Å². The minimum absolute atomic E-state index is 0.172. The largest absolute Gasteiger partial charge is 0.353 e. The molecule has 1 amide bonds. The number of piperidine rings is 1. The third kappa shape index (κ3) is 4.83. The van der Waals surface area contributed by atoms with E-state index in [1.165, 1.54) is 49.7 Å². The minimum Gasteiger partial charge on any atom is -0.353 e. The van der Waals surface area contributed by atoms with E-state index < -0.39 is 0 Å². The molecule has 1 aliphatic heterocycles. The summed E-state index contributed by atoms with van der Waals surface area (Å²) in [5.41, 5.74) is 2.74. The Morgan fingerprint density at radius 3 is 2.58 bits per heavy atom. The molecular weight excluding hydrogens is 296 g/mol. The molecule has 1 atom stereocenters. The highest BCUT2D eigenvalue weighted by Gasteiger charge is 2.27. The molecule has 1 saturated carbocycles. The third-order valence-electron chi connectivity index (χ3n) is 5.73. The first kappa shape index (κ1) is 17.5. The van der Waals surface area contributed by atoms with Crippen LogP contribution in [0.1, 0.15) is 62.5 Å². The molecule has 24 heavy (non-hydrogen) atoms. The van der Waals surface area contributed by atoms with Crippen LogP contribution >= 0.6 is 0 Å². The zero-order valence-electron chi connectivity index (χ0n) is 15.1. The van der Waals surface area contributed by atoms with Crippen molar-refractivity contribution in [2.24, 2.45) is 5.92 Å². The predicted octanol–water partition coefficient (Wildman–Crippen LogP) is 4.05. The van der Waals surface area contributed by atoms with Crippen LogP contribution in [0.5, 0.6) is 0 Å². The molecule has 3 heteroatoms. The highest BCUT2D eigenvalue weighted by Crippen LogP contribution is 2.22. The summed E-state index contributed by atoms with van der Waals surface area (Å²) >= 11 is 0. The highest BCUT2D eigenvalue weighted by atomic mass is 16.2. The summed E-state index contributed by atoms with van der Waals surface area (Å²) < 4.78 is 0. The molecule has 1 unspecified atom stereocenters. The van der Waals surface area contributed by atoms with E-state index in [2.05, 4.69) is 41.4 Å². The molecule has 2 aliphatic rings. The van der Waals surface area contributed by atoms with Gasteiger partial charge in [0.2, 0.25) is 5.91 Å². The molecule has 1 heterocycles. The monoisotopic (exact) mass is 328 g/mol. The van der Waals surface area contributed by atoms with Gasteiger partial charge in [-0.25, -0.2) is 0 Å². The lowest BCUT2D eigenvalue weighted by Crippen LogP contribution is -2.45. The average Bonchev–Trinajstić information content (AvgIpc) is 2.86. The summed E-state index contributed by atoms with van der Waals surface area (Å²) in [7, 11) is 0. The predicted molar refractivity (Wildman–Crippen MR) is 98.8 cm³/mol. The maximum Gasteiger partial charge on any atom is 0.224 e. The maximum absolute atomic E-state index is 12.7. The number of aryl methyl sites for hydroxylation is 1. The Bertz CT molecular complexity index is 534. The van der Waals surface area contributed by atoms with Crippen molar-refractivity contribution in [3.05, 3.63) is 35.4 Å². The van der Waals surface area contributed by atoms with Crippen molar-refractivity contribution < 1.29 is 4.79 Å². The maximum atomic E-state index is 12.7. The van der Waals surface area contributed by atoms with E-state index in [1.807, 2.05) is 0 Å². The van der Waals surface area contributed by atoms with Gasteiger partial charge in [-0.1, -0.05) is 49.9 Å². The van der Waals surface area contributed by atoms with Gasteiger partial charge < -0.3 is 5.32 Å². The minimum atomic E-state index is 0.172. The standard InChI is InChI=1S/C21H32N2O/c1-17-9-6-7-10-18(17)15-23-14-8-11-19(16-23)21(24)22-20-12-4-2-3-5-13-20/h6-7,9-10,19-20H,2-5,8,11-16H2,1H3,(H,22,24).